The zero-order valence-electron chi connectivity index (χ0n) is 10.5. The van der Waals surface area contributed by atoms with Gasteiger partial charge in [0, 0.05) is 18.7 Å². The predicted octanol–water partition coefficient (Wildman–Crippen LogP) is 2.59. The van der Waals surface area contributed by atoms with Gasteiger partial charge < -0.3 is 15.2 Å². The third kappa shape index (κ3) is 3.98. The molecule has 4 nitrogen and oxygen atoms in total. The Labute approximate surface area is 102 Å². The van der Waals surface area contributed by atoms with Crippen LogP contribution in [0.1, 0.15) is 24.0 Å². The Morgan fingerprint density at radius 1 is 1.35 bits per heavy atom. The Balaban J connectivity index is 2.58. The van der Waals surface area contributed by atoms with E-state index >= 15 is 0 Å². The van der Waals surface area contributed by atoms with E-state index in [0.717, 1.165) is 22.6 Å². The van der Waals surface area contributed by atoms with Gasteiger partial charge in [0.2, 0.25) is 0 Å². The van der Waals surface area contributed by atoms with Gasteiger partial charge in [0.15, 0.2) is 0 Å². The number of carboxylic acid groups (broad SMARTS) is 1. The largest absolute Gasteiger partial charge is 0.496 e. The third-order valence-electron chi connectivity index (χ3n) is 2.56. The molecule has 0 bridgehead atoms. The maximum absolute atomic E-state index is 10.4. The van der Waals surface area contributed by atoms with Crippen molar-refractivity contribution in [2.75, 3.05) is 19.0 Å². The van der Waals surface area contributed by atoms with Crippen LogP contribution in [0.15, 0.2) is 12.1 Å². The van der Waals surface area contributed by atoms with Gasteiger partial charge in [-0.25, -0.2) is 0 Å². The molecule has 1 rings (SSSR count). The van der Waals surface area contributed by atoms with Gasteiger partial charge in [-0.3, -0.25) is 4.79 Å². The normalized spacial score (nSPS) is 10.1. The minimum absolute atomic E-state index is 0.196. The molecule has 94 valence electrons. The number of carboxylic acids is 1. The van der Waals surface area contributed by atoms with Crippen LogP contribution in [-0.4, -0.2) is 24.7 Å². The van der Waals surface area contributed by atoms with Crippen LogP contribution < -0.4 is 10.1 Å². The first-order chi connectivity index (χ1) is 8.04. The Bertz CT molecular complexity index is 379. The maximum atomic E-state index is 10.4. The summed E-state index contributed by atoms with van der Waals surface area (Å²) >= 11 is 0. The molecule has 0 aliphatic carbocycles. The second-order valence-corrected chi connectivity index (χ2v) is 4.07. The van der Waals surface area contributed by atoms with Gasteiger partial charge >= 0.3 is 5.97 Å². The molecule has 0 heterocycles. The fourth-order valence-corrected chi connectivity index (χ4v) is 1.85. The second kappa shape index (κ2) is 6.13. The summed E-state index contributed by atoms with van der Waals surface area (Å²) < 4.78 is 5.28. The smallest absolute Gasteiger partial charge is 0.303 e. The standard InChI is InChI=1S/C13H19NO3/c1-9-7-11(8-10(2)13(9)17-3)14-6-4-5-12(15)16/h7-8,14H,4-6H2,1-3H3,(H,15,16). The molecule has 0 saturated heterocycles. The predicted molar refractivity (Wildman–Crippen MR) is 67.8 cm³/mol. The Kier molecular flexibility index (Phi) is 4.82. The lowest BCUT2D eigenvalue weighted by Gasteiger charge is -2.12. The first kappa shape index (κ1) is 13.4. The van der Waals surface area contributed by atoms with Gasteiger partial charge in [-0.15, -0.1) is 0 Å². The van der Waals surface area contributed by atoms with Gasteiger partial charge in [0.25, 0.3) is 0 Å². The highest BCUT2D eigenvalue weighted by molar-refractivity contribution is 5.66. The molecule has 0 unspecified atom stereocenters. The fourth-order valence-electron chi connectivity index (χ4n) is 1.85. The van der Waals surface area contributed by atoms with Crippen LogP contribution in [-0.2, 0) is 4.79 Å². The number of hydrogen-bond acceptors (Lipinski definition) is 3. The van der Waals surface area contributed by atoms with Gasteiger partial charge in [-0.05, 0) is 43.5 Å². The summed E-state index contributed by atoms with van der Waals surface area (Å²) in [6, 6.07) is 4.01. The number of methoxy groups -OCH3 is 1. The molecule has 0 radical (unpaired) electrons. The molecule has 0 aliphatic heterocycles. The van der Waals surface area contributed by atoms with E-state index in [4.69, 9.17) is 9.84 Å². The summed E-state index contributed by atoms with van der Waals surface area (Å²) in [7, 11) is 1.66. The Morgan fingerprint density at radius 3 is 2.41 bits per heavy atom. The van der Waals surface area contributed by atoms with Crippen LogP contribution >= 0.6 is 0 Å². The summed E-state index contributed by atoms with van der Waals surface area (Å²) in [5, 5.41) is 11.7. The average Bonchev–Trinajstić information content (AvgIpc) is 2.24. The van der Waals surface area contributed by atoms with Crippen LogP contribution in [0.4, 0.5) is 5.69 Å². The molecule has 0 fully saturated rings. The molecule has 2 N–H and O–H groups in total. The van der Waals surface area contributed by atoms with Crippen LogP contribution in [0.3, 0.4) is 0 Å². The van der Waals surface area contributed by atoms with Gasteiger partial charge in [-0.1, -0.05) is 0 Å². The van der Waals surface area contributed by atoms with Crippen molar-refractivity contribution in [3.05, 3.63) is 23.3 Å². The number of nitrogens with one attached hydrogen (secondary N) is 1. The first-order valence-corrected chi connectivity index (χ1v) is 5.65. The molecule has 17 heavy (non-hydrogen) atoms. The summed E-state index contributed by atoms with van der Waals surface area (Å²) in [4.78, 5) is 10.4. The van der Waals surface area contributed by atoms with E-state index in [1.807, 2.05) is 26.0 Å². The van der Waals surface area contributed by atoms with Crippen molar-refractivity contribution >= 4 is 11.7 Å². The lowest BCUT2D eigenvalue weighted by atomic mass is 10.1. The molecule has 0 saturated carbocycles. The number of aryl methyl sites for hydroxylation is 2. The van der Waals surface area contributed by atoms with E-state index in [1.54, 1.807) is 7.11 Å². The van der Waals surface area contributed by atoms with Crippen molar-refractivity contribution in [2.45, 2.75) is 26.7 Å². The van der Waals surface area contributed by atoms with E-state index in [0.29, 0.717) is 13.0 Å². The van der Waals surface area contributed by atoms with Gasteiger partial charge in [-0.2, -0.15) is 0 Å². The number of benzene rings is 1. The number of hydrogen-bond donors (Lipinski definition) is 2. The van der Waals surface area contributed by atoms with Crippen molar-refractivity contribution in [3.63, 3.8) is 0 Å². The van der Waals surface area contributed by atoms with Crippen molar-refractivity contribution in [3.8, 4) is 5.75 Å². The minimum Gasteiger partial charge on any atom is -0.496 e. The van der Waals surface area contributed by atoms with Crippen molar-refractivity contribution < 1.29 is 14.6 Å². The number of aliphatic carboxylic acids is 1. The zero-order valence-corrected chi connectivity index (χ0v) is 10.5. The molecule has 0 amide bonds. The Morgan fingerprint density at radius 2 is 1.94 bits per heavy atom. The fraction of sp³-hybridized carbons (Fsp3) is 0.462. The second-order valence-electron chi connectivity index (χ2n) is 4.07. The van der Waals surface area contributed by atoms with Crippen LogP contribution in [0.25, 0.3) is 0 Å². The van der Waals surface area contributed by atoms with E-state index in [1.165, 1.54) is 0 Å². The minimum atomic E-state index is -0.756. The van der Waals surface area contributed by atoms with Crippen LogP contribution in [0.5, 0.6) is 5.75 Å². The molecule has 1 aromatic carbocycles. The first-order valence-electron chi connectivity index (χ1n) is 5.65. The molecular weight excluding hydrogens is 218 g/mol. The average molecular weight is 237 g/mol. The van der Waals surface area contributed by atoms with Crippen LogP contribution in [0, 0.1) is 13.8 Å². The number of ether oxygens (including phenoxy) is 1. The van der Waals surface area contributed by atoms with Gasteiger partial charge in [0.1, 0.15) is 5.75 Å². The molecule has 0 aliphatic rings. The number of carbonyl (C=O) groups is 1. The molecule has 4 heteroatoms. The van der Waals surface area contributed by atoms with Gasteiger partial charge in [0.05, 0.1) is 7.11 Å². The van der Waals surface area contributed by atoms with Crippen molar-refractivity contribution in [2.24, 2.45) is 0 Å². The zero-order chi connectivity index (χ0) is 12.8. The summed E-state index contributed by atoms with van der Waals surface area (Å²) in [5.74, 6) is 0.148. The molecule has 0 atom stereocenters. The monoisotopic (exact) mass is 237 g/mol. The van der Waals surface area contributed by atoms with E-state index in [-0.39, 0.29) is 6.42 Å². The topological polar surface area (TPSA) is 58.6 Å². The number of rotatable bonds is 6. The maximum Gasteiger partial charge on any atom is 0.303 e. The lowest BCUT2D eigenvalue weighted by molar-refractivity contribution is -0.137. The quantitative estimate of drug-likeness (QED) is 0.747. The van der Waals surface area contributed by atoms with Crippen molar-refractivity contribution in [1.29, 1.82) is 0 Å². The van der Waals surface area contributed by atoms with Crippen molar-refractivity contribution in [1.82, 2.24) is 0 Å². The Hall–Kier alpha value is -1.71. The number of anilines is 1. The molecule has 0 spiro atoms. The SMILES string of the molecule is COc1c(C)cc(NCCCC(=O)O)cc1C. The highest BCUT2D eigenvalue weighted by Crippen LogP contribution is 2.26. The van der Waals surface area contributed by atoms with E-state index in [9.17, 15) is 4.79 Å². The summed E-state index contributed by atoms with van der Waals surface area (Å²) in [6.45, 7) is 4.65. The molecular formula is C13H19NO3. The van der Waals surface area contributed by atoms with E-state index in [2.05, 4.69) is 5.32 Å². The lowest BCUT2D eigenvalue weighted by Crippen LogP contribution is -2.05. The third-order valence-corrected chi connectivity index (χ3v) is 2.56. The highest BCUT2D eigenvalue weighted by atomic mass is 16.5. The summed E-state index contributed by atoms with van der Waals surface area (Å²) in [5.41, 5.74) is 3.16. The molecule has 0 aromatic heterocycles. The van der Waals surface area contributed by atoms with Crippen LogP contribution in [0.2, 0.25) is 0 Å². The molecule has 1 aromatic rings. The van der Waals surface area contributed by atoms with E-state index < -0.39 is 5.97 Å². The summed E-state index contributed by atoms with van der Waals surface area (Å²) in [6.07, 6.45) is 0.820. The highest BCUT2D eigenvalue weighted by Gasteiger charge is 2.05.